The Morgan fingerprint density at radius 1 is 0.947 bits per heavy atom. The average Bonchev–Trinajstić information content (AvgIpc) is 3.19. The Kier molecular flexibility index (Phi) is 7.15. The number of carbonyl (C=O) groups is 2. The van der Waals surface area contributed by atoms with E-state index in [0.717, 1.165) is 43.0 Å². The number of hydrogen-bond acceptors (Lipinski definition) is 6. The van der Waals surface area contributed by atoms with Crippen LogP contribution in [0.15, 0.2) is 72.3 Å². The molecule has 0 bridgehead atoms. The zero-order valence-corrected chi connectivity index (χ0v) is 22.4. The molecule has 1 unspecified atom stereocenters. The van der Waals surface area contributed by atoms with Gasteiger partial charge in [0.2, 0.25) is 0 Å². The van der Waals surface area contributed by atoms with Gasteiger partial charge in [-0.05, 0) is 62.0 Å². The van der Waals surface area contributed by atoms with E-state index in [2.05, 4.69) is 16.8 Å². The molecule has 0 spiro atoms. The minimum Gasteiger partial charge on any atom is -0.507 e. The van der Waals surface area contributed by atoms with Crippen LogP contribution >= 0.6 is 11.6 Å². The Hall–Kier alpha value is -3.81. The van der Waals surface area contributed by atoms with Crippen molar-refractivity contribution >= 4 is 40.4 Å². The third-order valence-electron chi connectivity index (χ3n) is 7.22. The first kappa shape index (κ1) is 25.8. The molecule has 0 aromatic heterocycles. The molecule has 0 aliphatic carbocycles. The predicted molar refractivity (Wildman–Crippen MR) is 150 cm³/mol. The maximum absolute atomic E-state index is 13.5. The first-order chi connectivity index (χ1) is 18.3. The van der Waals surface area contributed by atoms with Crippen LogP contribution in [-0.4, -0.2) is 62.0 Å². The lowest BCUT2D eigenvalue weighted by atomic mass is 9.94. The van der Waals surface area contributed by atoms with Gasteiger partial charge in [0.1, 0.15) is 11.5 Å². The molecule has 2 saturated heterocycles. The topological polar surface area (TPSA) is 73.3 Å². The molecule has 8 heteroatoms. The van der Waals surface area contributed by atoms with E-state index < -0.39 is 17.7 Å². The summed E-state index contributed by atoms with van der Waals surface area (Å²) in [7, 11) is 3.59. The average molecular weight is 532 g/mol. The molecule has 0 radical (unpaired) electrons. The van der Waals surface area contributed by atoms with Crippen molar-refractivity contribution < 1.29 is 19.4 Å². The molecule has 38 heavy (non-hydrogen) atoms. The molecule has 1 atom stereocenters. The van der Waals surface area contributed by atoms with Crippen LogP contribution < -0.4 is 14.5 Å². The summed E-state index contributed by atoms with van der Waals surface area (Å²) in [4.78, 5) is 33.0. The van der Waals surface area contributed by atoms with Gasteiger partial charge in [0.25, 0.3) is 11.7 Å². The standard InChI is InChI=1S/C30H30ClN3O4/c1-19-5-4-6-20(17-19)27-26(28(35)21-7-12-24(31)25(18-21)38-3)29(36)30(37)34(27)23-10-8-22(9-11-23)33-15-13-32(2)14-16-33/h4-12,17-18,27,35H,13-16H2,1-3H3/b28-26-. The molecule has 1 amide bonds. The van der Waals surface area contributed by atoms with E-state index in [1.54, 1.807) is 18.2 Å². The number of ketones is 1. The molecule has 3 aromatic carbocycles. The van der Waals surface area contributed by atoms with Gasteiger partial charge < -0.3 is 19.6 Å². The summed E-state index contributed by atoms with van der Waals surface area (Å²) in [5.74, 6) is -1.35. The molecular formula is C30H30ClN3O4. The second-order valence-electron chi connectivity index (χ2n) is 9.74. The predicted octanol–water partition coefficient (Wildman–Crippen LogP) is 5.04. The molecule has 2 heterocycles. The first-order valence-electron chi connectivity index (χ1n) is 12.5. The Balaban J connectivity index is 1.60. The summed E-state index contributed by atoms with van der Waals surface area (Å²) < 4.78 is 5.30. The molecular weight excluding hydrogens is 502 g/mol. The van der Waals surface area contributed by atoms with E-state index in [1.165, 1.54) is 12.0 Å². The lowest BCUT2D eigenvalue weighted by Crippen LogP contribution is -2.44. The van der Waals surface area contributed by atoms with E-state index in [0.29, 0.717) is 22.0 Å². The molecule has 2 fully saturated rings. The number of aryl methyl sites for hydroxylation is 1. The number of ether oxygens (including phenoxy) is 1. The van der Waals surface area contributed by atoms with Gasteiger partial charge in [-0.3, -0.25) is 14.5 Å². The van der Waals surface area contributed by atoms with Gasteiger partial charge in [-0.2, -0.15) is 0 Å². The van der Waals surface area contributed by atoms with Crippen LogP contribution in [-0.2, 0) is 9.59 Å². The Bertz CT molecular complexity index is 1410. The van der Waals surface area contributed by atoms with Crippen LogP contribution in [0.1, 0.15) is 22.7 Å². The summed E-state index contributed by atoms with van der Waals surface area (Å²) >= 11 is 6.18. The number of carbonyl (C=O) groups excluding carboxylic acids is 2. The highest BCUT2D eigenvalue weighted by atomic mass is 35.5. The number of halogens is 1. The third-order valence-corrected chi connectivity index (χ3v) is 7.54. The number of Topliss-reactive ketones (excluding diaryl/α,β-unsaturated/α-hetero) is 1. The van der Waals surface area contributed by atoms with Crippen molar-refractivity contribution in [2.24, 2.45) is 0 Å². The van der Waals surface area contributed by atoms with E-state index in [-0.39, 0.29) is 11.3 Å². The highest BCUT2D eigenvalue weighted by Crippen LogP contribution is 2.43. The van der Waals surface area contributed by atoms with E-state index in [4.69, 9.17) is 16.3 Å². The maximum Gasteiger partial charge on any atom is 0.300 e. The minimum atomic E-state index is -0.800. The van der Waals surface area contributed by atoms with Crippen molar-refractivity contribution in [2.75, 3.05) is 50.1 Å². The quantitative estimate of drug-likeness (QED) is 0.283. The molecule has 5 rings (SSSR count). The third kappa shape index (κ3) is 4.75. The number of piperazine rings is 1. The minimum absolute atomic E-state index is 0.0214. The monoisotopic (exact) mass is 531 g/mol. The zero-order chi connectivity index (χ0) is 27.0. The normalized spacial score (nSPS) is 19.7. The lowest BCUT2D eigenvalue weighted by molar-refractivity contribution is -0.132. The Morgan fingerprint density at radius 3 is 2.29 bits per heavy atom. The molecule has 1 N–H and O–H groups in total. The van der Waals surface area contributed by atoms with Crippen molar-refractivity contribution in [3.05, 3.63) is 94.0 Å². The van der Waals surface area contributed by atoms with Gasteiger partial charge in [-0.25, -0.2) is 0 Å². The summed E-state index contributed by atoms with van der Waals surface area (Å²) in [6.45, 7) is 5.77. The summed E-state index contributed by atoms with van der Waals surface area (Å²) in [5, 5.41) is 11.8. The van der Waals surface area contributed by atoms with Crippen molar-refractivity contribution in [3.8, 4) is 5.75 Å². The fraction of sp³-hybridized carbons (Fsp3) is 0.267. The van der Waals surface area contributed by atoms with Gasteiger partial charge in [0, 0.05) is 43.1 Å². The number of nitrogens with zero attached hydrogens (tertiary/aromatic N) is 3. The Morgan fingerprint density at radius 2 is 1.63 bits per heavy atom. The number of benzene rings is 3. The molecule has 0 saturated carbocycles. The molecule has 7 nitrogen and oxygen atoms in total. The maximum atomic E-state index is 13.5. The first-order valence-corrected chi connectivity index (χ1v) is 12.9. The van der Waals surface area contributed by atoms with Crippen LogP contribution in [0.25, 0.3) is 5.76 Å². The smallest absolute Gasteiger partial charge is 0.300 e. The second-order valence-corrected chi connectivity index (χ2v) is 10.1. The summed E-state index contributed by atoms with van der Waals surface area (Å²) in [5.41, 5.74) is 3.73. The molecule has 196 valence electrons. The van der Waals surface area contributed by atoms with Gasteiger partial charge in [0.15, 0.2) is 0 Å². The number of rotatable bonds is 5. The van der Waals surface area contributed by atoms with Crippen molar-refractivity contribution in [1.29, 1.82) is 0 Å². The fourth-order valence-electron chi connectivity index (χ4n) is 5.11. The number of aliphatic hydroxyl groups is 1. The van der Waals surface area contributed by atoms with Crippen LogP contribution in [0.3, 0.4) is 0 Å². The van der Waals surface area contributed by atoms with Crippen LogP contribution in [0, 0.1) is 6.92 Å². The molecule has 3 aromatic rings. The van der Waals surface area contributed by atoms with Crippen LogP contribution in [0.4, 0.5) is 11.4 Å². The lowest BCUT2D eigenvalue weighted by Gasteiger charge is -2.34. The number of hydrogen-bond donors (Lipinski definition) is 1. The number of aliphatic hydroxyl groups excluding tert-OH is 1. The molecule has 2 aliphatic rings. The highest BCUT2D eigenvalue weighted by molar-refractivity contribution is 6.51. The van der Waals surface area contributed by atoms with Gasteiger partial charge in [-0.15, -0.1) is 0 Å². The second kappa shape index (κ2) is 10.5. The Labute approximate surface area is 227 Å². The van der Waals surface area contributed by atoms with Crippen molar-refractivity contribution in [3.63, 3.8) is 0 Å². The van der Waals surface area contributed by atoms with Crippen LogP contribution in [0.5, 0.6) is 5.75 Å². The zero-order valence-electron chi connectivity index (χ0n) is 21.6. The SMILES string of the molecule is COc1cc(/C(O)=C2/C(=O)C(=O)N(c3ccc(N4CCN(C)CC4)cc3)C2c2cccc(C)c2)ccc1Cl. The van der Waals surface area contributed by atoms with Gasteiger partial charge >= 0.3 is 0 Å². The van der Waals surface area contributed by atoms with Gasteiger partial charge in [-0.1, -0.05) is 41.4 Å². The van der Waals surface area contributed by atoms with E-state index in [9.17, 15) is 14.7 Å². The number of methoxy groups -OCH3 is 1. The number of amides is 1. The highest BCUT2D eigenvalue weighted by Gasteiger charge is 2.47. The van der Waals surface area contributed by atoms with Crippen LogP contribution in [0.2, 0.25) is 5.02 Å². The van der Waals surface area contributed by atoms with Crippen molar-refractivity contribution in [1.82, 2.24) is 4.90 Å². The number of likely N-dealkylation sites (N-methyl/N-ethyl adjacent to an activating group) is 1. The largest absolute Gasteiger partial charge is 0.507 e. The summed E-state index contributed by atoms with van der Waals surface area (Å²) in [6, 6.07) is 19.3. The van der Waals surface area contributed by atoms with Crippen molar-refractivity contribution in [2.45, 2.75) is 13.0 Å². The van der Waals surface area contributed by atoms with Gasteiger partial charge in [0.05, 0.1) is 23.7 Å². The van der Waals surface area contributed by atoms with E-state index in [1.807, 2.05) is 55.5 Å². The molecule has 2 aliphatic heterocycles. The summed E-state index contributed by atoms with van der Waals surface area (Å²) in [6.07, 6.45) is 0. The number of anilines is 2. The van der Waals surface area contributed by atoms with E-state index >= 15 is 0 Å². The fourth-order valence-corrected chi connectivity index (χ4v) is 5.30.